The summed E-state index contributed by atoms with van der Waals surface area (Å²) in [5.74, 6) is -0.707. The summed E-state index contributed by atoms with van der Waals surface area (Å²) in [5, 5.41) is 12.2. The minimum absolute atomic E-state index is 0.0208. The molecule has 1 saturated heterocycles. The van der Waals surface area contributed by atoms with E-state index < -0.39 is 5.18 Å². The first kappa shape index (κ1) is 14.1. The van der Waals surface area contributed by atoms with E-state index in [1.807, 2.05) is 30.3 Å². The summed E-state index contributed by atoms with van der Waals surface area (Å²) in [6.45, 7) is -0.173. The molecule has 0 aliphatic carbocycles. The number of thioether (sulfide) groups is 1. The fourth-order valence-corrected chi connectivity index (χ4v) is 3.49. The van der Waals surface area contributed by atoms with Crippen molar-refractivity contribution in [3.8, 4) is 0 Å². The monoisotopic (exact) mass is 306 g/mol. The highest BCUT2D eigenvalue weighted by atomic mass is 32.2. The number of carbonyl (C=O) groups excluding carboxylic acids is 2. The van der Waals surface area contributed by atoms with Crippen LogP contribution in [0.15, 0.2) is 35.7 Å². The van der Waals surface area contributed by atoms with Crippen molar-refractivity contribution in [1.29, 1.82) is 0 Å². The van der Waals surface area contributed by atoms with Gasteiger partial charge in [0.1, 0.15) is 6.42 Å². The lowest BCUT2D eigenvalue weighted by Gasteiger charge is -2.41. The number of benzene rings is 1. The predicted octanol–water partition coefficient (Wildman–Crippen LogP) is 0.700. The molecule has 0 spiro atoms. The number of ether oxygens (including phenoxy) is 1. The molecule has 0 radical (unpaired) electrons. The first-order valence-electron chi connectivity index (χ1n) is 6.48. The molecular weight excluding hydrogens is 292 g/mol. The van der Waals surface area contributed by atoms with Gasteiger partial charge in [0.15, 0.2) is 0 Å². The average Bonchev–Trinajstić information content (AvgIpc) is 2.86. The van der Waals surface area contributed by atoms with E-state index in [-0.39, 0.29) is 31.4 Å². The topological polar surface area (TPSA) is 78.9 Å². The van der Waals surface area contributed by atoms with Crippen molar-refractivity contribution in [2.24, 2.45) is 0 Å². The number of carbonyl (C=O) groups is 2. The maximum atomic E-state index is 12.3. The van der Waals surface area contributed by atoms with Crippen molar-refractivity contribution in [3.05, 3.63) is 41.3 Å². The van der Waals surface area contributed by atoms with Gasteiger partial charge in [-0.05, 0) is 5.56 Å². The fourth-order valence-electron chi connectivity index (χ4n) is 2.35. The zero-order valence-corrected chi connectivity index (χ0v) is 11.9. The van der Waals surface area contributed by atoms with Crippen LogP contribution in [0.1, 0.15) is 12.0 Å². The minimum Gasteiger partial charge on any atom is -0.394 e. The molecule has 2 amide bonds. The molecule has 1 atom stereocenters. The molecule has 2 N–H and O–H groups in total. The number of nitrogens with zero attached hydrogens (tertiary/aromatic N) is 1. The van der Waals surface area contributed by atoms with Crippen LogP contribution in [0.3, 0.4) is 0 Å². The Bertz CT molecular complexity index is 604. The summed E-state index contributed by atoms with van der Waals surface area (Å²) in [6.07, 6.45) is -0.213. The Morgan fingerprint density at radius 1 is 1.33 bits per heavy atom. The molecule has 0 aromatic heterocycles. The molecule has 1 aromatic rings. The lowest BCUT2D eigenvalue weighted by molar-refractivity contribution is -0.163. The van der Waals surface area contributed by atoms with Gasteiger partial charge in [0, 0.05) is 5.41 Å². The summed E-state index contributed by atoms with van der Waals surface area (Å²) in [6, 6.07) is 9.42. The van der Waals surface area contributed by atoms with Crippen LogP contribution in [0.4, 0.5) is 0 Å². The average molecular weight is 306 g/mol. The lowest BCUT2D eigenvalue weighted by Crippen LogP contribution is -2.63. The zero-order chi connectivity index (χ0) is 14.9. The molecule has 0 bridgehead atoms. The number of aliphatic hydroxyl groups excluding tert-OH is 1. The number of aliphatic hydroxyl groups is 1. The molecule has 0 saturated carbocycles. The molecule has 21 heavy (non-hydrogen) atoms. The third kappa shape index (κ3) is 2.44. The van der Waals surface area contributed by atoms with Crippen molar-refractivity contribution in [3.63, 3.8) is 0 Å². The lowest BCUT2D eigenvalue weighted by atomic mass is 10.1. The Morgan fingerprint density at radius 2 is 2.10 bits per heavy atom. The molecule has 6 nitrogen and oxygen atoms in total. The van der Waals surface area contributed by atoms with E-state index in [1.54, 1.807) is 5.41 Å². The SMILES string of the molecule is O=C1CC(=O)N2C(c3ccccc3)=CS[C@]2(OCCO)N1. The molecule has 0 unspecified atom stereocenters. The highest BCUT2D eigenvalue weighted by molar-refractivity contribution is 8.03. The van der Waals surface area contributed by atoms with Crippen LogP contribution in [-0.2, 0) is 14.3 Å². The Morgan fingerprint density at radius 3 is 2.81 bits per heavy atom. The molecule has 7 heteroatoms. The van der Waals surface area contributed by atoms with Crippen LogP contribution >= 0.6 is 11.8 Å². The third-order valence-corrected chi connectivity index (χ3v) is 4.25. The molecule has 2 heterocycles. The summed E-state index contributed by atoms with van der Waals surface area (Å²) in [4.78, 5) is 25.4. The molecular formula is C14H14N2O4S. The Hall–Kier alpha value is -1.83. The van der Waals surface area contributed by atoms with E-state index in [0.717, 1.165) is 5.56 Å². The van der Waals surface area contributed by atoms with E-state index in [1.165, 1.54) is 16.7 Å². The minimum atomic E-state index is -1.29. The van der Waals surface area contributed by atoms with Crippen LogP contribution < -0.4 is 5.32 Å². The van der Waals surface area contributed by atoms with Crippen molar-refractivity contribution < 1.29 is 19.4 Å². The fraction of sp³-hybridized carbons (Fsp3) is 0.286. The summed E-state index contributed by atoms with van der Waals surface area (Å²) in [7, 11) is 0. The number of hydrogen-bond donors (Lipinski definition) is 2. The van der Waals surface area contributed by atoms with Crippen LogP contribution in [0.2, 0.25) is 0 Å². The summed E-state index contributed by atoms with van der Waals surface area (Å²) >= 11 is 1.20. The van der Waals surface area contributed by atoms with Gasteiger partial charge < -0.3 is 15.2 Å². The first-order valence-corrected chi connectivity index (χ1v) is 7.36. The van der Waals surface area contributed by atoms with Crippen molar-refractivity contribution in [2.45, 2.75) is 11.6 Å². The van der Waals surface area contributed by atoms with Crippen molar-refractivity contribution in [2.75, 3.05) is 13.2 Å². The molecule has 110 valence electrons. The number of hydrogen-bond acceptors (Lipinski definition) is 5. The molecule has 2 aliphatic rings. The number of amides is 2. The summed E-state index contributed by atoms with van der Waals surface area (Å²) < 4.78 is 5.57. The van der Waals surface area contributed by atoms with Gasteiger partial charge in [-0.1, -0.05) is 42.1 Å². The number of nitrogens with one attached hydrogen (secondary N) is 1. The normalized spacial score (nSPS) is 24.6. The van der Waals surface area contributed by atoms with Gasteiger partial charge in [0.05, 0.1) is 18.9 Å². The highest BCUT2D eigenvalue weighted by Crippen LogP contribution is 2.45. The largest absolute Gasteiger partial charge is 0.394 e. The Balaban J connectivity index is 1.96. The molecule has 1 aromatic carbocycles. The second-order valence-corrected chi connectivity index (χ2v) is 5.62. The zero-order valence-electron chi connectivity index (χ0n) is 11.1. The van der Waals surface area contributed by atoms with Crippen LogP contribution in [0.5, 0.6) is 0 Å². The van der Waals surface area contributed by atoms with E-state index >= 15 is 0 Å². The predicted molar refractivity (Wildman–Crippen MR) is 77.4 cm³/mol. The van der Waals surface area contributed by atoms with Gasteiger partial charge in [-0.25, -0.2) is 0 Å². The Labute approximate surface area is 125 Å². The quantitative estimate of drug-likeness (QED) is 0.801. The number of rotatable bonds is 4. The van der Waals surface area contributed by atoms with Gasteiger partial charge in [-0.15, -0.1) is 0 Å². The maximum absolute atomic E-state index is 12.3. The van der Waals surface area contributed by atoms with Gasteiger partial charge in [0.25, 0.3) is 5.18 Å². The van der Waals surface area contributed by atoms with E-state index in [9.17, 15) is 9.59 Å². The van der Waals surface area contributed by atoms with E-state index in [0.29, 0.717) is 5.70 Å². The van der Waals surface area contributed by atoms with E-state index in [4.69, 9.17) is 9.84 Å². The highest BCUT2D eigenvalue weighted by Gasteiger charge is 2.52. The Kier molecular flexibility index (Phi) is 3.71. The van der Waals surface area contributed by atoms with Crippen LogP contribution in [-0.4, -0.2) is 40.2 Å². The maximum Gasteiger partial charge on any atom is 0.284 e. The molecule has 2 aliphatic heterocycles. The number of fused-ring (bicyclic) bond motifs is 1. The van der Waals surface area contributed by atoms with E-state index in [2.05, 4.69) is 5.32 Å². The second kappa shape index (κ2) is 5.51. The van der Waals surface area contributed by atoms with Crippen LogP contribution in [0.25, 0.3) is 5.70 Å². The molecule has 3 rings (SSSR count). The van der Waals surface area contributed by atoms with Gasteiger partial charge >= 0.3 is 0 Å². The smallest absolute Gasteiger partial charge is 0.284 e. The third-order valence-electron chi connectivity index (χ3n) is 3.18. The van der Waals surface area contributed by atoms with Gasteiger partial charge in [0.2, 0.25) is 11.8 Å². The summed E-state index contributed by atoms with van der Waals surface area (Å²) in [5.41, 5.74) is 1.55. The standard InChI is InChI=1S/C14H14N2O4S/c17-6-7-20-14-15-12(18)8-13(19)16(14)11(9-21-14)10-4-2-1-3-5-10/h1-5,9,17H,6-8H2,(H,15,18)/t14-/m1/s1. The second-order valence-electron chi connectivity index (χ2n) is 4.59. The van der Waals surface area contributed by atoms with Gasteiger partial charge in [-0.3, -0.25) is 14.5 Å². The van der Waals surface area contributed by atoms with Crippen molar-refractivity contribution >= 4 is 29.3 Å². The first-order chi connectivity index (χ1) is 10.2. The molecule has 1 fully saturated rings. The van der Waals surface area contributed by atoms with Crippen LogP contribution in [0, 0.1) is 0 Å². The van der Waals surface area contributed by atoms with Gasteiger partial charge in [-0.2, -0.15) is 0 Å². The van der Waals surface area contributed by atoms with Crippen molar-refractivity contribution in [1.82, 2.24) is 10.2 Å².